The largest absolute Gasteiger partial charge is 0.496 e. The molecule has 0 saturated carbocycles. The van der Waals surface area contributed by atoms with Gasteiger partial charge in [-0.25, -0.2) is 9.18 Å². The number of hydrogen-bond donors (Lipinski definition) is 0. The number of carbonyl (C=O) groups is 1. The van der Waals surface area contributed by atoms with Crippen LogP contribution in [-0.2, 0) is 4.74 Å². The maximum absolute atomic E-state index is 13.3. The zero-order valence-electron chi connectivity index (χ0n) is 10.6. The molecule has 19 heavy (non-hydrogen) atoms. The molecule has 0 amide bonds. The van der Waals surface area contributed by atoms with Gasteiger partial charge in [-0.15, -0.1) is 0 Å². The minimum atomic E-state index is -0.433. The van der Waals surface area contributed by atoms with Crippen molar-refractivity contribution in [1.29, 1.82) is 0 Å². The molecule has 2 aromatic rings. The van der Waals surface area contributed by atoms with Gasteiger partial charge < -0.3 is 9.47 Å². The maximum Gasteiger partial charge on any atom is 0.337 e. The van der Waals surface area contributed by atoms with Crippen LogP contribution in [0.2, 0.25) is 0 Å². The van der Waals surface area contributed by atoms with Crippen LogP contribution in [-0.4, -0.2) is 20.2 Å². The van der Waals surface area contributed by atoms with E-state index in [-0.39, 0.29) is 5.82 Å². The van der Waals surface area contributed by atoms with Crippen LogP contribution in [0.4, 0.5) is 4.39 Å². The SMILES string of the molecule is COC(=O)c1cccc(-c2cc(F)ccc2OC)c1. The molecule has 0 spiro atoms. The number of hydrogen-bond acceptors (Lipinski definition) is 3. The zero-order chi connectivity index (χ0) is 13.8. The Labute approximate surface area is 110 Å². The number of benzene rings is 2. The number of rotatable bonds is 3. The van der Waals surface area contributed by atoms with E-state index in [9.17, 15) is 9.18 Å². The van der Waals surface area contributed by atoms with Gasteiger partial charge >= 0.3 is 5.97 Å². The van der Waals surface area contributed by atoms with Crippen LogP contribution in [0.25, 0.3) is 11.1 Å². The molecule has 0 saturated heterocycles. The Kier molecular flexibility index (Phi) is 3.80. The van der Waals surface area contributed by atoms with Gasteiger partial charge in [0.05, 0.1) is 19.8 Å². The van der Waals surface area contributed by atoms with Crippen LogP contribution in [0.5, 0.6) is 5.75 Å². The van der Waals surface area contributed by atoms with E-state index in [2.05, 4.69) is 4.74 Å². The van der Waals surface area contributed by atoms with Gasteiger partial charge in [0.1, 0.15) is 11.6 Å². The first-order chi connectivity index (χ1) is 9.15. The number of ether oxygens (including phenoxy) is 2. The minimum absolute atomic E-state index is 0.362. The van der Waals surface area contributed by atoms with E-state index >= 15 is 0 Å². The van der Waals surface area contributed by atoms with Crippen molar-refractivity contribution < 1.29 is 18.7 Å². The Balaban J connectivity index is 2.52. The molecular formula is C15H13FO3. The Morgan fingerprint density at radius 1 is 1.11 bits per heavy atom. The van der Waals surface area contributed by atoms with Crippen LogP contribution < -0.4 is 4.74 Å². The molecular weight excluding hydrogens is 247 g/mol. The van der Waals surface area contributed by atoms with Crippen LogP contribution in [0.1, 0.15) is 10.4 Å². The van der Waals surface area contributed by atoms with Gasteiger partial charge in [0.25, 0.3) is 0 Å². The van der Waals surface area contributed by atoms with Crippen LogP contribution >= 0.6 is 0 Å². The first kappa shape index (κ1) is 13.1. The molecule has 4 heteroatoms. The molecule has 0 radical (unpaired) electrons. The van der Waals surface area contributed by atoms with Crippen molar-refractivity contribution in [3.63, 3.8) is 0 Å². The molecule has 0 aliphatic heterocycles. The fourth-order valence-corrected chi connectivity index (χ4v) is 1.84. The summed E-state index contributed by atoms with van der Waals surface area (Å²) in [5.74, 6) is -0.250. The molecule has 0 N–H and O–H groups in total. The number of halogens is 1. The lowest BCUT2D eigenvalue weighted by molar-refractivity contribution is 0.0601. The van der Waals surface area contributed by atoms with E-state index in [0.717, 1.165) is 0 Å². The van der Waals surface area contributed by atoms with E-state index in [0.29, 0.717) is 22.4 Å². The molecule has 0 unspecified atom stereocenters. The fraction of sp³-hybridized carbons (Fsp3) is 0.133. The van der Waals surface area contributed by atoms with Gasteiger partial charge in [-0.05, 0) is 35.9 Å². The molecule has 3 nitrogen and oxygen atoms in total. The average molecular weight is 260 g/mol. The summed E-state index contributed by atoms with van der Waals surface area (Å²) >= 11 is 0. The second-order valence-electron chi connectivity index (χ2n) is 3.92. The first-order valence-electron chi connectivity index (χ1n) is 5.68. The van der Waals surface area contributed by atoms with E-state index < -0.39 is 5.97 Å². The minimum Gasteiger partial charge on any atom is -0.496 e. The predicted octanol–water partition coefficient (Wildman–Crippen LogP) is 3.29. The van der Waals surface area contributed by atoms with Gasteiger partial charge in [-0.1, -0.05) is 12.1 Å². The summed E-state index contributed by atoms with van der Waals surface area (Å²) in [6, 6.07) is 11.0. The summed E-state index contributed by atoms with van der Waals surface area (Å²) in [5, 5.41) is 0. The summed E-state index contributed by atoms with van der Waals surface area (Å²) in [5.41, 5.74) is 1.69. The monoisotopic (exact) mass is 260 g/mol. The van der Waals surface area contributed by atoms with Crippen molar-refractivity contribution in [3.8, 4) is 16.9 Å². The molecule has 0 aromatic heterocycles. The molecule has 2 rings (SSSR count). The molecule has 0 fully saturated rings. The van der Waals surface area contributed by atoms with E-state index in [1.54, 1.807) is 30.3 Å². The van der Waals surface area contributed by atoms with Gasteiger partial charge in [0.2, 0.25) is 0 Å². The Morgan fingerprint density at radius 2 is 1.89 bits per heavy atom. The van der Waals surface area contributed by atoms with Gasteiger partial charge in [-0.3, -0.25) is 0 Å². The summed E-state index contributed by atoms with van der Waals surface area (Å²) in [4.78, 5) is 11.5. The molecule has 0 aliphatic rings. The molecule has 0 atom stereocenters. The van der Waals surface area contributed by atoms with Crippen LogP contribution in [0.3, 0.4) is 0 Å². The van der Waals surface area contributed by atoms with E-state index in [1.165, 1.54) is 26.4 Å². The lowest BCUT2D eigenvalue weighted by Gasteiger charge is -2.09. The Bertz CT molecular complexity index is 608. The van der Waals surface area contributed by atoms with Gasteiger partial charge in [0, 0.05) is 5.56 Å². The standard InChI is InChI=1S/C15H13FO3/c1-18-14-7-6-12(16)9-13(14)10-4-3-5-11(8-10)15(17)19-2/h3-9H,1-2H3. The third-order valence-corrected chi connectivity index (χ3v) is 2.76. The zero-order valence-corrected chi connectivity index (χ0v) is 10.6. The second-order valence-corrected chi connectivity index (χ2v) is 3.92. The maximum atomic E-state index is 13.3. The summed E-state index contributed by atoms with van der Waals surface area (Å²) in [7, 11) is 2.83. The topological polar surface area (TPSA) is 35.5 Å². The van der Waals surface area contributed by atoms with Gasteiger partial charge in [-0.2, -0.15) is 0 Å². The third-order valence-electron chi connectivity index (χ3n) is 2.76. The lowest BCUT2D eigenvalue weighted by Crippen LogP contribution is -2.01. The highest BCUT2D eigenvalue weighted by Crippen LogP contribution is 2.31. The summed E-state index contributed by atoms with van der Waals surface area (Å²) in [6.45, 7) is 0. The summed E-state index contributed by atoms with van der Waals surface area (Å²) in [6.07, 6.45) is 0. The molecule has 0 bridgehead atoms. The van der Waals surface area contributed by atoms with Crippen molar-refractivity contribution in [1.82, 2.24) is 0 Å². The van der Waals surface area contributed by atoms with Crippen LogP contribution in [0.15, 0.2) is 42.5 Å². The smallest absolute Gasteiger partial charge is 0.337 e. The third kappa shape index (κ3) is 2.73. The number of methoxy groups -OCH3 is 2. The molecule has 2 aromatic carbocycles. The van der Waals surface area contributed by atoms with E-state index in [1.807, 2.05) is 0 Å². The Hall–Kier alpha value is -2.36. The van der Waals surface area contributed by atoms with E-state index in [4.69, 9.17) is 4.74 Å². The lowest BCUT2D eigenvalue weighted by atomic mass is 10.0. The molecule has 98 valence electrons. The summed E-state index contributed by atoms with van der Waals surface area (Å²) < 4.78 is 23.2. The molecule has 0 heterocycles. The van der Waals surface area contributed by atoms with Crippen molar-refractivity contribution in [2.45, 2.75) is 0 Å². The molecule has 0 aliphatic carbocycles. The van der Waals surface area contributed by atoms with Crippen molar-refractivity contribution in [2.24, 2.45) is 0 Å². The highest BCUT2D eigenvalue weighted by Gasteiger charge is 2.10. The number of carbonyl (C=O) groups excluding carboxylic acids is 1. The Morgan fingerprint density at radius 3 is 2.58 bits per heavy atom. The second kappa shape index (κ2) is 5.52. The van der Waals surface area contributed by atoms with Crippen molar-refractivity contribution in [2.75, 3.05) is 14.2 Å². The quantitative estimate of drug-likeness (QED) is 0.794. The van der Waals surface area contributed by atoms with Crippen molar-refractivity contribution >= 4 is 5.97 Å². The normalized spacial score (nSPS) is 10.1. The number of esters is 1. The highest BCUT2D eigenvalue weighted by molar-refractivity contribution is 5.91. The van der Waals surface area contributed by atoms with Gasteiger partial charge in [0.15, 0.2) is 0 Å². The predicted molar refractivity (Wildman–Crippen MR) is 69.7 cm³/mol. The van der Waals surface area contributed by atoms with Crippen LogP contribution in [0, 0.1) is 5.82 Å². The highest BCUT2D eigenvalue weighted by atomic mass is 19.1. The fourth-order valence-electron chi connectivity index (χ4n) is 1.84. The van der Waals surface area contributed by atoms with Crippen molar-refractivity contribution in [3.05, 3.63) is 53.8 Å². The first-order valence-corrected chi connectivity index (χ1v) is 5.68. The average Bonchev–Trinajstić information content (AvgIpc) is 2.46.